The molecule has 0 aliphatic carbocycles. The number of methoxy groups -OCH3 is 1. The van der Waals surface area contributed by atoms with Gasteiger partial charge in [0.05, 0.1) is 7.11 Å². The first kappa shape index (κ1) is 20.4. The van der Waals surface area contributed by atoms with E-state index in [1.807, 2.05) is 32.2 Å². The normalized spacial score (nSPS) is 15.4. The van der Waals surface area contributed by atoms with Crippen LogP contribution in [-0.4, -0.2) is 48.7 Å². The van der Waals surface area contributed by atoms with Crippen molar-refractivity contribution in [3.63, 3.8) is 0 Å². The SMILES string of the molecule is CNc1cc(C)nc(Nc2ccc(OC)c(CC[C@@H](C)CN3CCCC3)c2)n1. The predicted octanol–water partition coefficient (Wildman–Crippen LogP) is 4.24. The summed E-state index contributed by atoms with van der Waals surface area (Å²) in [5, 5.41) is 6.40. The second-order valence-electron chi connectivity index (χ2n) is 7.77. The molecule has 1 aromatic carbocycles. The molecule has 2 heterocycles. The second-order valence-corrected chi connectivity index (χ2v) is 7.77. The van der Waals surface area contributed by atoms with Crippen LogP contribution in [0, 0.1) is 12.8 Å². The predicted molar refractivity (Wildman–Crippen MR) is 116 cm³/mol. The highest BCUT2D eigenvalue weighted by Gasteiger charge is 2.15. The number of likely N-dealkylation sites (tertiary alicyclic amines) is 1. The molecular weight excluding hydrogens is 350 g/mol. The van der Waals surface area contributed by atoms with Gasteiger partial charge in [-0.15, -0.1) is 0 Å². The number of rotatable bonds is 9. The smallest absolute Gasteiger partial charge is 0.229 e. The molecule has 2 N–H and O–H groups in total. The molecule has 1 aromatic heterocycles. The maximum Gasteiger partial charge on any atom is 0.229 e. The third-order valence-corrected chi connectivity index (χ3v) is 5.32. The molecule has 1 aliphatic rings. The van der Waals surface area contributed by atoms with Crippen LogP contribution >= 0.6 is 0 Å². The molecule has 28 heavy (non-hydrogen) atoms. The molecule has 1 atom stereocenters. The first-order chi connectivity index (χ1) is 13.6. The third kappa shape index (κ3) is 5.58. The van der Waals surface area contributed by atoms with Crippen molar-refractivity contribution in [3.8, 4) is 5.75 Å². The maximum absolute atomic E-state index is 5.59. The Bertz CT molecular complexity index is 774. The second kappa shape index (κ2) is 9.73. The maximum atomic E-state index is 5.59. The molecule has 0 bridgehead atoms. The molecule has 0 radical (unpaired) electrons. The zero-order chi connectivity index (χ0) is 19.9. The number of hydrogen-bond acceptors (Lipinski definition) is 6. The van der Waals surface area contributed by atoms with E-state index in [4.69, 9.17) is 4.74 Å². The van der Waals surface area contributed by atoms with Crippen molar-refractivity contribution in [3.05, 3.63) is 35.5 Å². The fourth-order valence-electron chi connectivity index (χ4n) is 3.83. The Morgan fingerprint density at radius 1 is 1.18 bits per heavy atom. The van der Waals surface area contributed by atoms with E-state index >= 15 is 0 Å². The number of benzene rings is 1. The van der Waals surface area contributed by atoms with Gasteiger partial charge < -0.3 is 20.3 Å². The van der Waals surface area contributed by atoms with Crippen molar-refractivity contribution in [1.29, 1.82) is 0 Å². The summed E-state index contributed by atoms with van der Waals surface area (Å²) in [6.45, 7) is 8.04. The van der Waals surface area contributed by atoms with Crippen LogP contribution in [0.2, 0.25) is 0 Å². The minimum Gasteiger partial charge on any atom is -0.496 e. The number of ether oxygens (including phenoxy) is 1. The number of nitrogens with zero attached hydrogens (tertiary/aromatic N) is 3. The van der Waals surface area contributed by atoms with Crippen molar-refractivity contribution < 1.29 is 4.74 Å². The average Bonchev–Trinajstić information content (AvgIpc) is 3.19. The summed E-state index contributed by atoms with van der Waals surface area (Å²) < 4.78 is 5.59. The highest BCUT2D eigenvalue weighted by Crippen LogP contribution is 2.27. The van der Waals surface area contributed by atoms with Gasteiger partial charge in [0, 0.05) is 31.0 Å². The fraction of sp³-hybridized carbons (Fsp3) is 0.545. The van der Waals surface area contributed by atoms with Crippen LogP contribution in [0.4, 0.5) is 17.5 Å². The van der Waals surface area contributed by atoms with Gasteiger partial charge in [0.1, 0.15) is 11.6 Å². The van der Waals surface area contributed by atoms with Crippen LogP contribution in [0.15, 0.2) is 24.3 Å². The lowest BCUT2D eigenvalue weighted by atomic mass is 9.99. The van der Waals surface area contributed by atoms with Gasteiger partial charge in [0.2, 0.25) is 5.95 Å². The van der Waals surface area contributed by atoms with E-state index in [9.17, 15) is 0 Å². The highest BCUT2D eigenvalue weighted by atomic mass is 16.5. The van der Waals surface area contributed by atoms with E-state index in [1.54, 1.807) is 7.11 Å². The van der Waals surface area contributed by atoms with Crippen molar-refractivity contribution in [2.45, 2.75) is 39.5 Å². The Morgan fingerprint density at radius 2 is 1.96 bits per heavy atom. The van der Waals surface area contributed by atoms with Gasteiger partial charge in [0.15, 0.2) is 0 Å². The lowest BCUT2D eigenvalue weighted by Gasteiger charge is -2.20. The van der Waals surface area contributed by atoms with Gasteiger partial charge in [-0.1, -0.05) is 6.92 Å². The van der Waals surface area contributed by atoms with Gasteiger partial charge in [-0.25, -0.2) is 4.98 Å². The number of hydrogen-bond donors (Lipinski definition) is 2. The lowest BCUT2D eigenvalue weighted by Crippen LogP contribution is -2.25. The quantitative estimate of drug-likeness (QED) is 0.675. The van der Waals surface area contributed by atoms with Crippen LogP contribution in [0.5, 0.6) is 5.75 Å². The van der Waals surface area contributed by atoms with E-state index < -0.39 is 0 Å². The molecule has 152 valence electrons. The number of aromatic nitrogens is 2. The minimum absolute atomic E-state index is 0.600. The summed E-state index contributed by atoms with van der Waals surface area (Å²) in [5.74, 6) is 3.03. The molecule has 6 heteroatoms. The van der Waals surface area contributed by atoms with E-state index in [1.165, 1.54) is 38.0 Å². The fourth-order valence-corrected chi connectivity index (χ4v) is 3.83. The summed E-state index contributed by atoms with van der Waals surface area (Å²) in [6.07, 6.45) is 4.86. The summed E-state index contributed by atoms with van der Waals surface area (Å²) in [5.41, 5.74) is 3.13. The first-order valence-electron chi connectivity index (χ1n) is 10.3. The molecule has 1 aliphatic heterocycles. The van der Waals surface area contributed by atoms with Crippen molar-refractivity contribution in [2.24, 2.45) is 5.92 Å². The lowest BCUT2D eigenvalue weighted by molar-refractivity contribution is 0.279. The molecule has 1 fully saturated rings. The Morgan fingerprint density at radius 3 is 2.68 bits per heavy atom. The van der Waals surface area contributed by atoms with Gasteiger partial charge in [0.25, 0.3) is 0 Å². The zero-order valence-electron chi connectivity index (χ0n) is 17.6. The van der Waals surface area contributed by atoms with Crippen LogP contribution in [0.3, 0.4) is 0 Å². The van der Waals surface area contributed by atoms with Crippen LogP contribution < -0.4 is 15.4 Å². The van der Waals surface area contributed by atoms with Crippen molar-refractivity contribution >= 4 is 17.5 Å². The van der Waals surface area contributed by atoms with E-state index in [2.05, 4.69) is 38.5 Å². The van der Waals surface area contributed by atoms with Gasteiger partial charge in [-0.05, 0) is 75.4 Å². The number of nitrogens with one attached hydrogen (secondary N) is 2. The summed E-state index contributed by atoms with van der Waals surface area (Å²) >= 11 is 0. The minimum atomic E-state index is 0.600. The van der Waals surface area contributed by atoms with E-state index in [0.29, 0.717) is 11.9 Å². The molecule has 3 rings (SSSR count). The summed E-state index contributed by atoms with van der Waals surface area (Å²) in [4.78, 5) is 11.6. The van der Waals surface area contributed by atoms with Crippen LogP contribution in [0.1, 0.15) is 37.4 Å². The summed E-state index contributed by atoms with van der Waals surface area (Å²) in [6, 6.07) is 8.12. The van der Waals surface area contributed by atoms with Crippen LogP contribution in [0.25, 0.3) is 0 Å². The monoisotopic (exact) mass is 383 g/mol. The Balaban J connectivity index is 1.66. The number of aryl methyl sites for hydroxylation is 2. The Kier molecular flexibility index (Phi) is 7.09. The Labute approximate surface area is 168 Å². The standard InChI is InChI=1S/C22H33N5O/c1-16(15-27-11-5-6-12-27)7-8-18-14-19(9-10-20(18)28-4)25-22-24-17(2)13-21(23-3)26-22/h9-10,13-14,16H,5-8,11-12,15H2,1-4H3,(H2,23,24,25,26)/t16-/m1/s1. The van der Waals surface area contributed by atoms with Crippen molar-refractivity contribution in [1.82, 2.24) is 14.9 Å². The molecule has 0 amide bonds. The molecule has 0 spiro atoms. The Hall–Kier alpha value is -2.34. The van der Waals surface area contributed by atoms with E-state index in [-0.39, 0.29) is 0 Å². The largest absolute Gasteiger partial charge is 0.496 e. The third-order valence-electron chi connectivity index (χ3n) is 5.32. The first-order valence-corrected chi connectivity index (χ1v) is 10.3. The topological polar surface area (TPSA) is 62.3 Å². The molecule has 6 nitrogen and oxygen atoms in total. The van der Waals surface area contributed by atoms with Gasteiger partial charge in [-0.2, -0.15) is 4.98 Å². The van der Waals surface area contributed by atoms with Crippen LogP contribution in [-0.2, 0) is 6.42 Å². The van der Waals surface area contributed by atoms with E-state index in [0.717, 1.165) is 35.8 Å². The zero-order valence-corrected chi connectivity index (χ0v) is 17.6. The average molecular weight is 384 g/mol. The van der Waals surface area contributed by atoms with Gasteiger partial charge in [-0.3, -0.25) is 0 Å². The molecule has 0 unspecified atom stereocenters. The highest BCUT2D eigenvalue weighted by molar-refractivity contribution is 5.58. The molecule has 2 aromatic rings. The van der Waals surface area contributed by atoms with Crippen molar-refractivity contribution in [2.75, 3.05) is 44.4 Å². The molecule has 0 saturated carbocycles. The number of anilines is 3. The van der Waals surface area contributed by atoms with Gasteiger partial charge >= 0.3 is 0 Å². The molecular formula is C22H33N5O. The summed E-state index contributed by atoms with van der Waals surface area (Å²) in [7, 11) is 3.60. The molecule has 1 saturated heterocycles.